The minimum atomic E-state index is -0.831. The second-order valence-corrected chi connectivity index (χ2v) is 3.49. The summed E-state index contributed by atoms with van der Waals surface area (Å²) in [5.74, 6) is -1.91. The summed E-state index contributed by atoms with van der Waals surface area (Å²) < 4.78 is 26.6. The molecule has 0 unspecified atom stereocenters. The molecule has 2 aromatic carbocycles. The lowest BCUT2D eigenvalue weighted by Crippen LogP contribution is -1.92. The van der Waals surface area contributed by atoms with Gasteiger partial charge < -0.3 is 5.11 Å². The Labute approximate surface area is 96.1 Å². The Bertz CT molecular complexity index is 580. The fourth-order valence-electron chi connectivity index (χ4n) is 1.60. The molecule has 0 fully saturated rings. The minimum absolute atomic E-state index is 0.0366. The zero-order chi connectivity index (χ0) is 12.4. The molecule has 0 aliphatic carbocycles. The van der Waals surface area contributed by atoms with E-state index in [0.29, 0.717) is 6.29 Å². The largest absolute Gasteiger partial charge is 0.505 e. The molecule has 0 aliphatic heterocycles. The topological polar surface area (TPSA) is 37.3 Å². The van der Waals surface area contributed by atoms with Crippen LogP contribution in [-0.4, -0.2) is 11.4 Å². The first-order valence-electron chi connectivity index (χ1n) is 4.86. The summed E-state index contributed by atoms with van der Waals surface area (Å²) >= 11 is 0. The van der Waals surface area contributed by atoms with Crippen LogP contribution in [0.3, 0.4) is 0 Å². The average molecular weight is 234 g/mol. The van der Waals surface area contributed by atoms with E-state index in [-0.39, 0.29) is 16.7 Å². The van der Waals surface area contributed by atoms with Crippen LogP contribution in [0.4, 0.5) is 8.78 Å². The van der Waals surface area contributed by atoms with E-state index in [4.69, 9.17) is 0 Å². The number of aldehydes is 1. The number of hydrogen-bond donors (Lipinski definition) is 1. The van der Waals surface area contributed by atoms with E-state index in [1.807, 2.05) is 0 Å². The molecule has 0 amide bonds. The zero-order valence-corrected chi connectivity index (χ0v) is 8.65. The lowest BCUT2D eigenvalue weighted by atomic mass is 9.99. The molecule has 2 rings (SSSR count). The van der Waals surface area contributed by atoms with Crippen LogP contribution in [0.15, 0.2) is 36.4 Å². The van der Waals surface area contributed by atoms with Crippen LogP contribution in [0.1, 0.15) is 10.4 Å². The van der Waals surface area contributed by atoms with Crippen molar-refractivity contribution in [3.05, 3.63) is 53.6 Å². The third kappa shape index (κ3) is 2.01. The summed E-state index contributed by atoms with van der Waals surface area (Å²) in [5, 5.41) is 9.24. The molecule has 1 N–H and O–H groups in total. The van der Waals surface area contributed by atoms with Gasteiger partial charge in [-0.2, -0.15) is 0 Å². The van der Waals surface area contributed by atoms with Gasteiger partial charge in [0.15, 0.2) is 17.9 Å². The Kier molecular flexibility index (Phi) is 2.87. The normalized spacial score (nSPS) is 10.2. The molecule has 4 heteroatoms. The number of phenols is 1. The molecule has 0 bridgehead atoms. The number of rotatable bonds is 2. The summed E-state index contributed by atoms with van der Waals surface area (Å²) in [7, 11) is 0. The Morgan fingerprint density at radius 3 is 2.53 bits per heavy atom. The van der Waals surface area contributed by atoms with Gasteiger partial charge in [0, 0.05) is 11.1 Å². The number of carbonyl (C=O) groups is 1. The number of benzene rings is 2. The number of aromatic hydroxyl groups is 1. The summed E-state index contributed by atoms with van der Waals surface area (Å²) in [6, 6.07) is 7.51. The highest BCUT2D eigenvalue weighted by Crippen LogP contribution is 2.30. The fraction of sp³-hybridized carbons (Fsp3) is 0. The van der Waals surface area contributed by atoms with Crippen LogP contribution >= 0.6 is 0 Å². The molecular formula is C13H8F2O2. The van der Waals surface area contributed by atoms with Crippen LogP contribution in [0.25, 0.3) is 11.1 Å². The van der Waals surface area contributed by atoms with Gasteiger partial charge in [-0.15, -0.1) is 0 Å². The van der Waals surface area contributed by atoms with Crippen molar-refractivity contribution in [3.63, 3.8) is 0 Å². The van der Waals surface area contributed by atoms with Crippen LogP contribution in [0.5, 0.6) is 5.75 Å². The van der Waals surface area contributed by atoms with Gasteiger partial charge >= 0.3 is 0 Å². The van der Waals surface area contributed by atoms with Crippen molar-refractivity contribution in [3.8, 4) is 16.9 Å². The standard InChI is InChI=1S/C13H8F2O2/c14-9-4-5-10(8(6-9)7-16)11-2-1-3-12(17)13(11)15/h1-7,17H. The first-order valence-corrected chi connectivity index (χ1v) is 4.86. The first-order chi connectivity index (χ1) is 8.13. The van der Waals surface area contributed by atoms with Gasteiger partial charge in [0.1, 0.15) is 5.82 Å². The van der Waals surface area contributed by atoms with Crippen molar-refractivity contribution in [1.82, 2.24) is 0 Å². The molecule has 0 heterocycles. The predicted octanol–water partition coefficient (Wildman–Crippen LogP) is 3.15. The SMILES string of the molecule is O=Cc1cc(F)ccc1-c1cccc(O)c1F. The molecular weight excluding hydrogens is 226 g/mol. The number of halogens is 2. The second kappa shape index (κ2) is 4.33. The summed E-state index contributed by atoms with van der Waals surface area (Å²) in [6.07, 6.45) is 0.446. The predicted molar refractivity (Wildman–Crippen MR) is 58.8 cm³/mol. The van der Waals surface area contributed by atoms with Crippen molar-refractivity contribution < 1.29 is 18.7 Å². The average Bonchev–Trinajstić information content (AvgIpc) is 2.33. The van der Waals surface area contributed by atoms with Crippen molar-refractivity contribution in [2.75, 3.05) is 0 Å². The van der Waals surface area contributed by atoms with Gasteiger partial charge in [0.05, 0.1) is 0 Å². The van der Waals surface area contributed by atoms with E-state index in [1.165, 1.54) is 24.3 Å². The molecule has 86 valence electrons. The summed E-state index contributed by atoms with van der Waals surface area (Å²) in [5.41, 5.74) is 0.344. The fourth-order valence-corrected chi connectivity index (χ4v) is 1.60. The van der Waals surface area contributed by atoms with E-state index < -0.39 is 17.4 Å². The van der Waals surface area contributed by atoms with Gasteiger partial charge in [-0.25, -0.2) is 8.78 Å². The second-order valence-electron chi connectivity index (χ2n) is 3.49. The Morgan fingerprint density at radius 2 is 1.82 bits per heavy atom. The van der Waals surface area contributed by atoms with Crippen LogP contribution in [-0.2, 0) is 0 Å². The first kappa shape index (κ1) is 11.3. The lowest BCUT2D eigenvalue weighted by molar-refractivity contribution is 0.112. The quantitative estimate of drug-likeness (QED) is 0.810. The smallest absolute Gasteiger partial charge is 0.172 e. The van der Waals surface area contributed by atoms with E-state index in [1.54, 1.807) is 0 Å². The highest BCUT2D eigenvalue weighted by molar-refractivity contribution is 5.87. The maximum Gasteiger partial charge on any atom is 0.172 e. The Balaban J connectivity index is 2.68. The van der Waals surface area contributed by atoms with Gasteiger partial charge in [-0.1, -0.05) is 18.2 Å². The minimum Gasteiger partial charge on any atom is -0.505 e. The monoisotopic (exact) mass is 234 g/mol. The van der Waals surface area contributed by atoms with Gasteiger partial charge in [-0.05, 0) is 23.8 Å². The number of hydrogen-bond acceptors (Lipinski definition) is 2. The molecule has 0 saturated carbocycles. The van der Waals surface area contributed by atoms with Crippen LogP contribution < -0.4 is 0 Å². The highest BCUT2D eigenvalue weighted by Gasteiger charge is 2.12. The Morgan fingerprint density at radius 1 is 1.06 bits per heavy atom. The molecule has 2 aromatic rings. The van der Waals surface area contributed by atoms with Gasteiger partial charge in [0.25, 0.3) is 0 Å². The molecule has 0 radical (unpaired) electrons. The van der Waals surface area contributed by atoms with E-state index in [9.17, 15) is 18.7 Å². The molecule has 0 spiro atoms. The molecule has 0 aliphatic rings. The van der Waals surface area contributed by atoms with E-state index in [2.05, 4.69) is 0 Å². The third-order valence-corrected chi connectivity index (χ3v) is 2.41. The van der Waals surface area contributed by atoms with E-state index >= 15 is 0 Å². The zero-order valence-electron chi connectivity index (χ0n) is 8.65. The van der Waals surface area contributed by atoms with Crippen molar-refractivity contribution in [2.24, 2.45) is 0 Å². The number of carbonyl (C=O) groups excluding carboxylic acids is 1. The summed E-state index contributed by atoms with van der Waals surface area (Å²) in [6.45, 7) is 0. The maximum absolute atomic E-state index is 13.6. The molecule has 0 aromatic heterocycles. The molecule has 0 saturated heterocycles. The molecule has 17 heavy (non-hydrogen) atoms. The molecule has 0 atom stereocenters. The van der Waals surface area contributed by atoms with Crippen LogP contribution in [0.2, 0.25) is 0 Å². The maximum atomic E-state index is 13.6. The highest BCUT2D eigenvalue weighted by atomic mass is 19.1. The molecule has 2 nitrogen and oxygen atoms in total. The van der Waals surface area contributed by atoms with E-state index in [0.717, 1.165) is 12.1 Å². The Hall–Kier alpha value is -2.23. The summed E-state index contributed by atoms with van der Waals surface area (Å²) in [4.78, 5) is 10.8. The third-order valence-electron chi connectivity index (χ3n) is 2.41. The van der Waals surface area contributed by atoms with Gasteiger partial charge in [-0.3, -0.25) is 4.79 Å². The van der Waals surface area contributed by atoms with Gasteiger partial charge in [0.2, 0.25) is 0 Å². The van der Waals surface area contributed by atoms with Crippen molar-refractivity contribution >= 4 is 6.29 Å². The lowest BCUT2D eigenvalue weighted by Gasteiger charge is -2.07. The number of phenolic OH excluding ortho intramolecular Hbond substituents is 1. The van der Waals surface area contributed by atoms with Crippen molar-refractivity contribution in [1.29, 1.82) is 0 Å². The van der Waals surface area contributed by atoms with Crippen LogP contribution in [0, 0.1) is 11.6 Å². The van der Waals surface area contributed by atoms with Crippen molar-refractivity contribution in [2.45, 2.75) is 0 Å².